The number of rotatable bonds is 6. The number of alkyl halides is 3. The molecular weight excluding hydrogens is 481 g/mol. The van der Waals surface area contributed by atoms with E-state index in [2.05, 4.69) is 14.8 Å². The third-order valence-electron chi connectivity index (χ3n) is 4.45. The molecule has 0 atom stereocenters. The number of anilines is 2. The van der Waals surface area contributed by atoms with E-state index in [0.717, 1.165) is 23.8 Å². The Kier molecular flexibility index (Phi) is 6.89. The van der Waals surface area contributed by atoms with Gasteiger partial charge in [0.2, 0.25) is 0 Å². The molecule has 0 heterocycles. The van der Waals surface area contributed by atoms with E-state index in [1.807, 2.05) is 13.0 Å². The summed E-state index contributed by atoms with van der Waals surface area (Å²) in [6.07, 6.45) is -4.83. The van der Waals surface area contributed by atoms with Gasteiger partial charge in [0.05, 0.1) is 10.7 Å². The molecule has 3 rings (SSSR count). The lowest BCUT2D eigenvalue weighted by atomic mass is 10.1. The highest BCUT2D eigenvalue weighted by Crippen LogP contribution is 2.28. The van der Waals surface area contributed by atoms with Crippen LogP contribution in [0.5, 0.6) is 5.75 Å². The van der Waals surface area contributed by atoms with E-state index in [4.69, 9.17) is 11.6 Å². The van der Waals surface area contributed by atoms with Gasteiger partial charge in [-0.05, 0) is 67.9 Å². The second-order valence-corrected chi connectivity index (χ2v) is 9.15. The van der Waals surface area contributed by atoms with Gasteiger partial charge in [-0.3, -0.25) is 9.52 Å². The van der Waals surface area contributed by atoms with Gasteiger partial charge in [-0.15, -0.1) is 13.2 Å². The van der Waals surface area contributed by atoms with Gasteiger partial charge in [0.25, 0.3) is 15.9 Å². The number of halogens is 4. The number of ether oxygens (including phenoxy) is 1. The molecule has 0 saturated heterocycles. The third-order valence-corrected chi connectivity index (χ3v) is 6.30. The van der Waals surface area contributed by atoms with Crippen molar-refractivity contribution < 1.29 is 31.1 Å². The van der Waals surface area contributed by atoms with Gasteiger partial charge in [0.1, 0.15) is 10.6 Å². The van der Waals surface area contributed by atoms with Crippen LogP contribution in [0.1, 0.15) is 21.5 Å². The molecular formula is C22H18ClF3N2O4S. The molecule has 2 N–H and O–H groups in total. The number of benzene rings is 3. The molecule has 0 saturated carbocycles. The molecule has 0 aliphatic carbocycles. The van der Waals surface area contributed by atoms with Gasteiger partial charge < -0.3 is 10.1 Å². The van der Waals surface area contributed by atoms with Crippen LogP contribution >= 0.6 is 11.6 Å². The van der Waals surface area contributed by atoms with E-state index in [9.17, 15) is 26.4 Å². The number of amides is 1. The summed E-state index contributed by atoms with van der Waals surface area (Å²) in [4.78, 5) is 12.3. The van der Waals surface area contributed by atoms with Gasteiger partial charge in [0.15, 0.2) is 0 Å². The Hall–Kier alpha value is -3.24. The second-order valence-electron chi connectivity index (χ2n) is 7.10. The minimum absolute atomic E-state index is 0.0176. The van der Waals surface area contributed by atoms with E-state index in [0.29, 0.717) is 11.3 Å². The van der Waals surface area contributed by atoms with Crippen LogP contribution in [0.3, 0.4) is 0 Å². The highest BCUT2D eigenvalue weighted by atomic mass is 35.5. The number of hydrogen-bond acceptors (Lipinski definition) is 4. The highest BCUT2D eigenvalue weighted by Gasteiger charge is 2.31. The van der Waals surface area contributed by atoms with Crippen molar-refractivity contribution in [2.75, 3.05) is 10.0 Å². The maximum absolute atomic E-state index is 12.9. The fraction of sp³-hybridized carbons (Fsp3) is 0.136. The van der Waals surface area contributed by atoms with Gasteiger partial charge in [0, 0.05) is 11.3 Å². The van der Waals surface area contributed by atoms with Crippen molar-refractivity contribution in [1.29, 1.82) is 0 Å². The number of sulfonamides is 1. The van der Waals surface area contributed by atoms with Crippen molar-refractivity contribution >= 4 is 38.9 Å². The summed E-state index contributed by atoms with van der Waals surface area (Å²) in [7, 11) is -4.12. The summed E-state index contributed by atoms with van der Waals surface area (Å²) in [5, 5.41) is 2.39. The van der Waals surface area contributed by atoms with E-state index in [1.165, 1.54) is 24.3 Å². The number of nitrogens with one attached hydrogen (secondary N) is 2. The van der Waals surface area contributed by atoms with Crippen LogP contribution in [0, 0.1) is 13.8 Å². The maximum Gasteiger partial charge on any atom is 0.573 e. The minimum atomic E-state index is -4.83. The molecule has 11 heteroatoms. The van der Waals surface area contributed by atoms with Crippen molar-refractivity contribution in [2.24, 2.45) is 0 Å². The van der Waals surface area contributed by atoms with Crippen LogP contribution in [0.4, 0.5) is 24.5 Å². The van der Waals surface area contributed by atoms with Gasteiger partial charge in [-0.2, -0.15) is 0 Å². The van der Waals surface area contributed by atoms with E-state index in [-0.39, 0.29) is 21.2 Å². The van der Waals surface area contributed by atoms with Crippen LogP contribution in [0.15, 0.2) is 65.6 Å². The number of carbonyl (C=O) groups excluding carboxylic acids is 1. The summed E-state index contributed by atoms with van der Waals surface area (Å²) in [6.45, 7) is 3.63. The van der Waals surface area contributed by atoms with Crippen molar-refractivity contribution in [3.05, 3.63) is 82.4 Å². The summed E-state index contributed by atoms with van der Waals surface area (Å²) in [5.74, 6) is -1.13. The first-order valence-corrected chi connectivity index (χ1v) is 11.3. The first kappa shape index (κ1) is 24.4. The Balaban J connectivity index is 1.81. The van der Waals surface area contributed by atoms with Gasteiger partial charge >= 0.3 is 6.36 Å². The smallest absolute Gasteiger partial charge is 0.406 e. The standard InChI is InChI=1S/C22H18ClF3N2O4S/c1-13-3-10-19(14(2)11-13)28-33(30,31)20-12-15(4-9-18(20)23)21(29)27-16-5-7-17(8-6-16)32-22(24,25)26/h3-12,28H,1-2H3,(H,27,29). The molecule has 0 bridgehead atoms. The molecule has 0 aliphatic rings. The Bertz CT molecular complexity index is 1290. The Morgan fingerprint density at radius 1 is 0.970 bits per heavy atom. The fourth-order valence-electron chi connectivity index (χ4n) is 2.92. The number of carbonyl (C=O) groups is 1. The molecule has 174 valence electrons. The van der Waals surface area contributed by atoms with Crippen molar-refractivity contribution in [3.63, 3.8) is 0 Å². The lowest BCUT2D eigenvalue weighted by Gasteiger charge is -2.13. The Labute approximate surface area is 193 Å². The molecule has 3 aromatic rings. The van der Waals surface area contributed by atoms with Crippen molar-refractivity contribution in [1.82, 2.24) is 0 Å². The van der Waals surface area contributed by atoms with Crippen LogP contribution in [0.2, 0.25) is 5.02 Å². The Morgan fingerprint density at radius 3 is 2.24 bits per heavy atom. The normalized spacial score (nSPS) is 11.7. The predicted molar refractivity (Wildman–Crippen MR) is 119 cm³/mol. The molecule has 0 aromatic heterocycles. The van der Waals surface area contributed by atoms with E-state index < -0.39 is 28.0 Å². The molecule has 6 nitrogen and oxygen atoms in total. The average molecular weight is 499 g/mol. The van der Waals surface area contributed by atoms with Crippen molar-refractivity contribution in [3.8, 4) is 5.75 Å². The summed E-state index contributed by atoms with van der Waals surface area (Å²) < 4.78 is 68.8. The van der Waals surface area contributed by atoms with Crippen LogP contribution in [0.25, 0.3) is 0 Å². The molecule has 0 radical (unpaired) electrons. The maximum atomic E-state index is 12.9. The average Bonchev–Trinajstić information content (AvgIpc) is 2.70. The summed E-state index contributed by atoms with van der Waals surface area (Å²) >= 11 is 6.09. The second kappa shape index (κ2) is 9.32. The molecule has 3 aromatic carbocycles. The van der Waals surface area contributed by atoms with E-state index in [1.54, 1.807) is 19.1 Å². The fourth-order valence-corrected chi connectivity index (χ4v) is 4.58. The molecule has 1 amide bonds. The summed E-state index contributed by atoms with van der Waals surface area (Å²) in [5.41, 5.74) is 2.21. The molecule has 33 heavy (non-hydrogen) atoms. The predicted octanol–water partition coefficient (Wildman–Crippen LogP) is 5.91. The van der Waals surface area contributed by atoms with Gasteiger partial charge in [-0.25, -0.2) is 8.42 Å². The zero-order valence-electron chi connectivity index (χ0n) is 17.3. The summed E-state index contributed by atoms with van der Waals surface area (Å²) in [6, 6.07) is 13.4. The third kappa shape index (κ3) is 6.39. The van der Waals surface area contributed by atoms with Crippen molar-refractivity contribution in [2.45, 2.75) is 25.1 Å². The minimum Gasteiger partial charge on any atom is -0.406 e. The SMILES string of the molecule is Cc1ccc(NS(=O)(=O)c2cc(C(=O)Nc3ccc(OC(F)(F)F)cc3)ccc2Cl)c(C)c1. The van der Waals surface area contributed by atoms with Crippen LogP contribution in [-0.4, -0.2) is 20.7 Å². The monoisotopic (exact) mass is 498 g/mol. The van der Waals surface area contributed by atoms with Crippen LogP contribution in [-0.2, 0) is 10.0 Å². The lowest BCUT2D eigenvalue weighted by Crippen LogP contribution is -2.17. The molecule has 0 spiro atoms. The van der Waals surface area contributed by atoms with E-state index >= 15 is 0 Å². The quantitative estimate of drug-likeness (QED) is 0.442. The zero-order chi connectivity index (χ0) is 24.4. The first-order chi connectivity index (χ1) is 15.3. The topological polar surface area (TPSA) is 84.5 Å². The largest absolute Gasteiger partial charge is 0.573 e. The first-order valence-electron chi connectivity index (χ1n) is 9.41. The van der Waals surface area contributed by atoms with Gasteiger partial charge in [-0.1, -0.05) is 29.3 Å². The highest BCUT2D eigenvalue weighted by molar-refractivity contribution is 7.92. The Morgan fingerprint density at radius 2 is 1.64 bits per heavy atom. The van der Waals surface area contributed by atoms with Crippen LogP contribution < -0.4 is 14.8 Å². The molecule has 0 fully saturated rings. The lowest BCUT2D eigenvalue weighted by molar-refractivity contribution is -0.274. The molecule has 0 unspecified atom stereocenters. The zero-order valence-corrected chi connectivity index (χ0v) is 18.9. The number of hydrogen-bond donors (Lipinski definition) is 2. The number of aryl methyl sites for hydroxylation is 2. The molecule has 0 aliphatic heterocycles.